The summed E-state index contributed by atoms with van der Waals surface area (Å²) in [5, 5.41) is 12.2. The Morgan fingerprint density at radius 1 is 1.24 bits per heavy atom. The first-order valence-electron chi connectivity index (χ1n) is 7.57. The first-order chi connectivity index (χ1) is 9.88. The number of amides is 1. The number of aliphatic hydroxyl groups excluding tert-OH is 1. The number of benzene rings is 1. The highest BCUT2D eigenvalue weighted by Gasteiger charge is 2.11. The third-order valence-corrected chi connectivity index (χ3v) is 3.08. The lowest BCUT2D eigenvalue weighted by Crippen LogP contribution is -2.30. The first-order valence-corrected chi connectivity index (χ1v) is 7.57. The van der Waals surface area contributed by atoms with Gasteiger partial charge in [0.15, 0.2) is 0 Å². The van der Waals surface area contributed by atoms with Gasteiger partial charge in [0.2, 0.25) is 5.91 Å². The van der Waals surface area contributed by atoms with Crippen molar-refractivity contribution in [3.63, 3.8) is 0 Å². The molecule has 4 heteroatoms. The SMILES string of the molecule is CC(O)CC(C)CNC(=O)Cc1ccccc1OC(C)C. The van der Waals surface area contributed by atoms with Gasteiger partial charge in [-0.1, -0.05) is 25.1 Å². The van der Waals surface area contributed by atoms with Gasteiger partial charge in [0.1, 0.15) is 5.75 Å². The summed E-state index contributed by atoms with van der Waals surface area (Å²) in [7, 11) is 0. The van der Waals surface area contributed by atoms with Crippen molar-refractivity contribution in [1.29, 1.82) is 0 Å². The maximum absolute atomic E-state index is 12.0. The molecule has 1 aromatic carbocycles. The van der Waals surface area contributed by atoms with Crippen LogP contribution in [0, 0.1) is 5.92 Å². The van der Waals surface area contributed by atoms with Gasteiger partial charge >= 0.3 is 0 Å². The number of aliphatic hydroxyl groups is 1. The van der Waals surface area contributed by atoms with Crippen LogP contribution in [0.4, 0.5) is 0 Å². The molecule has 118 valence electrons. The van der Waals surface area contributed by atoms with E-state index in [2.05, 4.69) is 5.32 Å². The van der Waals surface area contributed by atoms with E-state index < -0.39 is 0 Å². The molecule has 4 nitrogen and oxygen atoms in total. The highest BCUT2D eigenvalue weighted by Crippen LogP contribution is 2.19. The predicted molar refractivity (Wildman–Crippen MR) is 84.4 cm³/mol. The lowest BCUT2D eigenvalue weighted by Gasteiger charge is -2.16. The summed E-state index contributed by atoms with van der Waals surface area (Å²) in [4.78, 5) is 12.0. The molecule has 0 saturated carbocycles. The van der Waals surface area contributed by atoms with Gasteiger partial charge in [0.25, 0.3) is 0 Å². The van der Waals surface area contributed by atoms with Crippen LogP contribution in [0.25, 0.3) is 0 Å². The molecule has 0 aromatic heterocycles. The van der Waals surface area contributed by atoms with Gasteiger partial charge in [-0.2, -0.15) is 0 Å². The fourth-order valence-corrected chi connectivity index (χ4v) is 2.21. The zero-order valence-electron chi connectivity index (χ0n) is 13.4. The lowest BCUT2D eigenvalue weighted by atomic mass is 10.0. The van der Waals surface area contributed by atoms with E-state index in [4.69, 9.17) is 4.74 Å². The Bertz CT molecular complexity index is 443. The van der Waals surface area contributed by atoms with E-state index in [1.54, 1.807) is 6.92 Å². The zero-order chi connectivity index (χ0) is 15.8. The molecular weight excluding hydrogens is 266 g/mol. The molecule has 0 spiro atoms. The second-order valence-electron chi connectivity index (χ2n) is 5.95. The Kier molecular flexibility index (Phi) is 7.23. The lowest BCUT2D eigenvalue weighted by molar-refractivity contribution is -0.120. The molecule has 1 aromatic rings. The van der Waals surface area contributed by atoms with E-state index in [-0.39, 0.29) is 24.0 Å². The maximum Gasteiger partial charge on any atom is 0.224 e. The average molecular weight is 293 g/mol. The summed E-state index contributed by atoms with van der Waals surface area (Å²) < 4.78 is 5.71. The van der Waals surface area contributed by atoms with E-state index in [1.807, 2.05) is 45.0 Å². The minimum absolute atomic E-state index is 0.0211. The quantitative estimate of drug-likeness (QED) is 0.774. The van der Waals surface area contributed by atoms with Crippen LogP contribution in [0.5, 0.6) is 5.75 Å². The summed E-state index contributed by atoms with van der Waals surface area (Å²) in [6.45, 7) is 8.29. The predicted octanol–water partition coefficient (Wildman–Crippen LogP) is 2.54. The second-order valence-corrected chi connectivity index (χ2v) is 5.95. The first kappa shape index (κ1) is 17.5. The minimum Gasteiger partial charge on any atom is -0.491 e. The molecule has 2 unspecified atom stereocenters. The van der Waals surface area contributed by atoms with Gasteiger partial charge in [0, 0.05) is 12.1 Å². The number of ether oxygens (including phenoxy) is 1. The summed E-state index contributed by atoms with van der Waals surface area (Å²) in [6, 6.07) is 7.62. The summed E-state index contributed by atoms with van der Waals surface area (Å²) in [5.41, 5.74) is 0.895. The molecule has 0 fully saturated rings. The molecule has 0 aliphatic carbocycles. The monoisotopic (exact) mass is 293 g/mol. The van der Waals surface area contributed by atoms with Crippen LogP contribution < -0.4 is 10.1 Å². The van der Waals surface area contributed by atoms with Crippen LogP contribution in [0.3, 0.4) is 0 Å². The van der Waals surface area contributed by atoms with E-state index in [9.17, 15) is 9.90 Å². The van der Waals surface area contributed by atoms with Crippen LogP contribution in [0.15, 0.2) is 24.3 Å². The summed E-state index contributed by atoms with van der Waals surface area (Å²) in [6.07, 6.45) is 0.745. The summed E-state index contributed by atoms with van der Waals surface area (Å²) in [5.74, 6) is 1.00. The van der Waals surface area contributed by atoms with Crippen molar-refractivity contribution >= 4 is 5.91 Å². The Labute approximate surface area is 127 Å². The smallest absolute Gasteiger partial charge is 0.224 e. The van der Waals surface area contributed by atoms with E-state index >= 15 is 0 Å². The van der Waals surface area contributed by atoms with Crippen LogP contribution in [-0.4, -0.2) is 29.8 Å². The number of rotatable bonds is 8. The van der Waals surface area contributed by atoms with Crippen molar-refractivity contribution in [3.8, 4) is 5.75 Å². The van der Waals surface area contributed by atoms with Gasteiger partial charge in [-0.15, -0.1) is 0 Å². The molecule has 0 radical (unpaired) electrons. The Morgan fingerprint density at radius 2 is 1.90 bits per heavy atom. The van der Waals surface area contributed by atoms with Crippen molar-refractivity contribution in [1.82, 2.24) is 5.32 Å². The number of nitrogens with one attached hydrogen (secondary N) is 1. The standard InChI is InChI=1S/C17H27NO3/c1-12(2)21-16-8-6-5-7-15(16)10-17(20)18-11-13(3)9-14(4)19/h5-8,12-14,19H,9-11H2,1-4H3,(H,18,20). The molecule has 0 heterocycles. The number of carbonyl (C=O) groups excluding carboxylic acids is 1. The van der Waals surface area contributed by atoms with Crippen LogP contribution in [-0.2, 0) is 11.2 Å². The number of hydrogen-bond acceptors (Lipinski definition) is 3. The highest BCUT2D eigenvalue weighted by atomic mass is 16.5. The minimum atomic E-state index is -0.336. The fraction of sp³-hybridized carbons (Fsp3) is 0.588. The summed E-state index contributed by atoms with van der Waals surface area (Å²) >= 11 is 0. The molecule has 0 aliphatic rings. The number of para-hydroxylation sites is 1. The normalized spacial score (nSPS) is 13.8. The molecular formula is C17H27NO3. The van der Waals surface area contributed by atoms with Crippen molar-refractivity contribution in [2.45, 2.75) is 52.7 Å². The molecule has 2 N–H and O–H groups in total. The third-order valence-electron chi connectivity index (χ3n) is 3.08. The van der Waals surface area contributed by atoms with Crippen molar-refractivity contribution < 1.29 is 14.6 Å². The van der Waals surface area contributed by atoms with Gasteiger partial charge < -0.3 is 15.2 Å². The average Bonchev–Trinajstić information content (AvgIpc) is 2.37. The van der Waals surface area contributed by atoms with E-state index in [1.165, 1.54) is 0 Å². The van der Waals surface area contributed by atoms with Gasteiger partial charge in [-0.05, 0) is 39.2 Å². The van der Waals surface area contributed by atoms with Crippen molar-refractivity contribution in [2.75, 3.05) is 6.54 Å². The Morgan fingerprint density at radius 3 is 2.52 bits per heavy atom. The molecule has 0 saturated heterocycles. The van der Waals surface area contributed by atoms with Crippen molar-refractivity contribution in [3.05, 3.63) is 29.8 Å². The van der Waals surface area contributed by atoms with Crippen molar-refractivity contribution in [2.24, 2.45) is 5.92 Å². The molecule has 0 bridgehead atoms. The molecule has 0 aliphatic heterocycles. The second kappa shape index (κ2) is 8.67. The number of carbonyl (C=O) groups is 1. The molecule has 2 atom stereocenters. The largest absolute Gasteiger partial charge is 0.491 e. The van der Waals surface area contributed by atoms with Gasteiger partial charge in [-0.3, -0.25) is 4.79 Å². The van der Waals surface area contributed by atoms with Crippen LogP contribution in [0.1, 0.15) is 39.7 Å². The van der Waals surface area contributed by atoms with Crippen LogP contribution >= 0.6 is 0 Å². The molecule has 1 rings (SSSR count). The van der Waals surface area contributed by atoms with E-state index in [0.717, 1.165) is 11.3 Å². The van der Waals surface area contributed by atoms with Gasteiger partial charge in [0.05, 0.1) is 18.6 Å². The number of hydrogen-bond donors (Lipinski definition) is 2. The zero-order valence-corrected chi connectivity index (χ0v) is 13.4. The highest BCUT2D eigenvalue weighted by molar-refractivity contribution is 5.79. The maximum atomic E-state index is 12.0. The molecule has 1 amide bonds. The third kappa shape index (κ3) is 7.14. The Hall–Kier alpha value is -1.55. The van der Waals surface area contributed by atoms with Gasteiger partial charge in [-0.25, -0.2) is 0 Å². The molecule has 21 heavy (non-hydrogen) atoms. The van der Waals surface area contributed by atoms with Crippen LogP contribution in [0.2, 0.25) is 0 Å². The van der Waals surface area contributed by atoms with E-state index in [0.29, 0.717) is 19.4 Å². The fourth-order valence-electron chi connectivity index (χ4n) is 2.21. The Balaban J connectivity index is 2.51. The topological polar surface area (TPSA) is 58.6 Å².